The standard InChI is InChI=1S/C15H25FN2S/c1-12(2)10-17-11-13-9-14(16)5-6-15(13)18(3)7-8-19-4/h5-6,9,12,17H,7-8,10-11H2,1-4H3. The normalized spacial score (nSPS) is 11.1. The smallest absolute Gasteiger partial charge is 0.123 e. The van der Waals surface area contributed by atoms with Crippen LogP contribution < -0.4 is 10.2 Å². The van der Waals surface area contributed by atoms with Crippen LogP contribution in [0.2, 0.25) is 0 Å². The van der Waals surface area contributed by atoms with Gasteiger partial charge >= 0.3 is 0 Å². The van der Waals surface area contributed by atoms with Gasteiger partial charge in [0.1, 0.15) is 5.82 Å². The molecule has 0 heterocycles. The second kappa shape index (κ2) is 8.43. The van der Waals surface area contributed by atoms with E-state index < -0.39 is 0 Å². The first-order valence-electron chi connectivity index (χ1n) is 6.73. The van der Waals surface area contributed by atoms with Gasteiger partial charge in [-0.3, -0.25) is 0 Å². The summed E-state index contributed by atoms with van der Waals surface area (Å²) in [5, 5.41) is 3.38. The number of benzene rings is 1. The van der Waals surface area contributed by atoms with Crippen molar-refractivity contribution in [1.29, 1.82) is 0 Å². The zero-order chi connectivity index (χ0) is 14.3. The maximum atomic E-state index is 13.4. The molecule has 0 aliphatic heterocycles. The van der Waals surface area contributed by atoms with Gasteiger partial charge in [0.2, 0.25) is 0 Å². The minimum atomic E-state index is -0.164. The SMILES string of the molecule is CSCCN(C)c1ccc(F)cc1CNCC(C)C. The molecule has 0 amide bonds. The minimum absolute atomic E-state index is 0.164. The quantitative estimate of drug-likeness (QED) is 0.788. The number of hydrogen-bond acceptors (Lipinski definition) is 3. The fourth-order valence-corrected chi connectivity index (χ4v) is 2.37. The van der Waals surface area contributed by atoms with Gasteiger partial charge in [-0.05, 0) is 42.5 Å². The van der Waals surface area contributed by atoms with E-state index in [-0.39, 0.29) is 5.82 Å². The monoisotopic (exact) mass is 284 g/mol. The zero-order valence-corrected chi connectivity index (χ0v) is 13.2. The average Bonchev–Trinajstić information content (AvgIpc) is 2.35. The van der Waals surface area contributed by atoms with Gasteiger partial charge in [-0.2, -0.15) is 11.8 Å². The first-order valence-corrected chi connectivity index (χ1v) is 8.13. The van der Waals surface area contributed by atoms with Crippen molar-refractivity contribution in [3.8, 4) is 0 Å². The lowest BCUT2D eigenvalue weighted by molar-refractivity contribution is 0.550. The first kappa shape index (κ1) is 16.3. The lowest BCUT2D eigenvalue weighted by Gasteiger charge is -2.22. The Morgan fingerprint density at radius 3 is 2.74 bits per heavy atom. The number of anilines is 1. The molecule has 0 aliphatic rings. The van der Waals surface area contributed by atoms with Gasteiger partial charge in [-0.25, -0.2) is 4.39 Å². The Morgan fingerprint density at radius 2 is 2.11 bits per heavy atom. The van der Waals surface area contributed by atoms with E-state index in [1.54, 1.807) is 6.07 Å². The zero-order valence-electron chi connectivity index (χ0n) is 12.4. The van der Waals surface area contributed by atoms with Crippen LogP contribution in [-0.4, -0.2) is 32.1 Å². The molecule has 1 rings (SSSR count). The van der Waals surface area contributed by atoms with Crippen molar-refractivity contribution in [2.24, 2.45) is 5.92 Å². The summed E-state index contributed by atoms with van der Waals surface area (Å²) < 4.78 is 13.4. The van der Waals surface area contributed by atoms with Gasteiger partial charge in [0.05, 0.1) is 0 Å². The topological polar surface area (TPSA) is 15.3 Å². The highest BCUT2D eigenvalue weighted by Gasteiger charge is 2.08. The maximum absolute atomic E-state index is 13.4. The third-order valence-electron chi connectivity index (χ3n) is 2.95. The summed E-state index contributed by atoms with van der Waals surface area (Å²) in [6.45, 7) is 6.98. The summed E-state index contributed by atoms with van der Waals surface area (Å²) in [6, 6.07) is 5.05. The van der Waals surface area contributed by atoms with E-state index in [1.165, 1.54) is 6.07 Å². The Bertz CT molecular complexity index is 382. The molecular formula is C15H25FN2S. The minimum Gasteiger partial charge on any atom is -0.374 e. The Balaban J connectivity index is 2.73. The summed E-state index contributed by atoms with van der Waals surface area (Å²) >= 11 is 1.82. The molecule has 19 heavy (non-hydrogen) atoms. The number of nitrogens with zero attached hydrogens (tertiary/aromatic N) is 1. The highest BCUT2D eigenvalue weighted by molar-refractivity contribution is 7.98. The van der Waals surface area contributed by atoms with Crippen LogP contribution in [0.25, 0.3) is 0 Å². The molecule has 2 nitrogen and oxygen atoms in total. The van der Waals surface area contributed by atoms with Crippen LogP contribution in [0, 0.1) is 11.7 Å². The van der Waals surface area contributed by atoms with Gasteiger partial charge in [-0.15, -0.1) is 0 Å². The van der Waals surface area contributed by atoms with E-state index in [4.69, 9.17) is 0 Å². The molecule has 1 aromatic carbocycles. The molecule has 0 spiro atoms. The fraction of sp³-hybridized carbons (Fsp3) is 0.600. The van der Waals surface area contributed by atoms with E-state index >= 15 is 0 Å². The maximum Gasteiger partial charge on any atom is 0.123 e. The van der Waals surface area contributed by atoms with Crippen molar-refractivity contribution in [3.63, 3.8) is 0 Å². The van der Waals surface area contributed by atoms with Crippen LogP contribution in [-0.2, 0) is 6.54 Å². The van der Waals surface area contributed by atoms with E-state index in [9.17, 15) is 4.39 Å². The van der Waals surface area contributed by atoms with Gasteiger partial charge in [0.15, 0.2) is 0 Å². The highest BCUT2D eigenvalue weighted by atomic mass is 32.2. The Hall–Kier alpha value is -0.740. The molecule has 0 bridgehead atoms. The summed E-state index contributed by atoms with van der Waals surface area (Å²) in [4.78, 5) is 2.20. The van der Waals surface area contributed by atoms with Gasteiger partial charge in [0, 0.05) is 31.6 Å². The van der Waals surface area contributed by atoms with Gasteiger partial charge in [0.25, 0.3) is 0 Å². The second-order valence-electron chi connectivity index (χ2n) is 5.21. The molecule has 1 N–H and O–H groups in total. The van der Waals surface area contributed by atoms with Crippen molar-refractivity contribution in [2.45, 2.75) is 20.4 Å². The molecular weight excluding hydrogens is 259 g/mol. The van der Waals surface area contributed by atoms with Gasteiger partial charge < -0.3 is 10.2 Å². The second-order valence-corrected chi connectivity index (χ2v) is 6.20. The molecule has 0 fully saturated rings. The molecule has 108 valence electrons. The lowest BCUT2D eigenvalue weighted by Crippen LogP contribution is -2.24. The molecule has 0 aromatic heterocycles. The van der Waals surface area contributed by atoms with Crippen molar-refractivity contribution in [3.05, 3.63) is 29.6 Å². The van der Waals surface area contributed by atoms with Crippen LogP contribution in [0.1, 0.15) is 19.4 Å². The van der Waals surface area contributed by atoms with Crippen molar-refractivity contribution in [1.82, 2.24) is 5.32 Å². The fourth-order valence-electron chi connectivity index (χ4n) is 1.91. The molecule has 1 aromatic rings. The number of rotatable bonds is 8. The largest absolute Gasteiger partial charge is 0.374 e. The highest BCUT2D eigenvalue weighted by Crippen LogP contribution is 2.21. The number of nitrogens with one attached hydrogen (secondary N) is 1. The van der Waals surface area contributed by atoms with E-state index in [0.717, 1.165) is 36.6 Å². The van der Waals surface area contributed by atoms with Crippen molar-refractivity contribution >= 4 is 17.4 Å². The third-order valence-corrected chi connectivity index (χ3v) is 3.54. The first-order chi connectivity index (χ1) is 9.04. The van der Waals surface area contributed by atoms with Crippen LogP contribution in [0.3, 0.4) is 0 Å². The van der Waals surface area contributed by atoms with Gasteiger partial charge in [-0.1, -0.05) is 13.8 Å². The van der Waals surface area contributed by atoms with E-state index in [1.807, 2.05) is 17.8 Å². The van der Waals surface area contributed by atoms with Crippen molar-refractivity contribution in [2.75, 3.05) is 37.0 Å². The van der Waals surface area contributed by atoms with E-state index in [2.05, 4.69) is 37.4 Å². The molecule has 0 radical (unpaired) electrons. The Kier molecular flexibility index (Phi) is 7.24. The third kappa shape index (κ3) is 5.83. The summed E-state index contributed by atoms with van der Waals surface area (Å²) in [7, 11) is 2.06. The van der Waals surface area contributed by atoms with Crippen molar-refractivity contribution < 1.29 is 4.39 Å². The Morgan fingerprint density at radius 1 is 1.37 bits per heavy atom. The molecule has 4 heteroatoms. The predicted octanol–water partition coefficient (Wildman–Crippen LogP) is 3.37. The van der Waals surface area contributed by atoms with E-state index in [0.29, 0.717) is 5.92 Å². The van der Waals surface area contributed by atoms with Crippen LogP contribution in [0.4, 0.5) is 10.1 Å². The number of thioether (sulfide) groups is 1. The molecule has 0 saturated heterocycles. The molecule has 0 atom stereocenters. The lowest BCUT2D eigenvalue weighted by atomic mass is 10.1. The predicted molar refractivity (Wildman–Crippen MR) is 84.6 cm³/mol. The van der Waals surface area contributed by atoms with Crippen LogP contribution in [0.15, 0.2) is 18.2 Å². The summed E-state index contributed by atoms with van der Waals surface area (Å²) in [6.07, 6.45) is 2.10. The summed E-state index contributed by atoms with van der Waals surface area (Å²) in [5.41, 5.74) is 2.15. The van der Waals surface area contributed by atoms with Crippen LogP contribution >= 0.6 is 11.8 Å². The average molecular weight is 284 g/mol. The Labute approximate surface area is 120 Å². The number of hydrogen-bond donors (Lipinski definition) is 1. The molecule has 0 unspecified atom stereocenters. The molecule has 0 aliphatic carbocycles. The molecule has 0 saturated carbocycles. The number of halogens is 1. The van der Waals surface area contributed by atoms with Crippen LogP contribution in [0.5, 0.6) is 0 Å². The summed E-state index contributed by atoms with van der Waals surface area (Å²) in [5.74, 6) is 1.52.